The number of carboxylic acids is 2. The highest BCUT2D eigenvalue weighted by Crippen LogP contribution is 2.37. The Morgan fingerprint density at radius 3 is 1.26 bits per heavy atom. The van der Waals surface area contributed by atoms with Crippen molar-refractivity contribution in [2.24, 2.45) is 9.98 Å². The van der Waals surface area contributed by atoms with E-state index in [9.17, 15) is 49.0 Å². The average molecular weight is 2000 g/mol. The lowest BCUT2D eigenvalue weighted by molar-refractivity contribution is -0.384. The van der Waals surface area contributed by atoms with Crippen LogP contribution in [0.3, 0.4) is 0 Å². The highest BCUT2D eigenvalue weighted by molar-refractivity contribution is 9.11. The molecule has 0 radical (unpaired) electrons. The minimum Gasteiger partial charge on any atom is -0.478 e. The van der Waals surface area contributed by atoms with E-state index in [4.69, 9.17) is 43.1 Å². The minimum atomic E-state index is -1.30. The predicted octanol–water partition coefficient (Wildman–Crippen LogP) is 16.4. The smallest absolute Gasteiger partial charge is 0.340 e. The first-order valence-electron chi connectivity index (χ1n) is 34.7. The van der Waals surface area contributed by atoms with Gasteiger partial charge in [0.05, 0.1) is 126 Å². The maximum atomic E-state index is 11.6. The number of amides is 1. The lowest BCUT2D eigenvalue weighted by Gasteiger charge is -2.17. The zero-order valence-corrected chi connectivity index (χ0v) is 72.0. The van der Waals surface area contributed by atoms with Crippen LogP contribution in [0.5, 0.6) is 0 Å². The number of carbonyl (C=O) groups is 6. The number of anilines is 5. The number of carboxylic acid groups (broad SMARTS) is 2. The summed E-state index contributed by atoms with van der Waals surface area (Å²) >= 11 is 19.3. The van der Waals surface area contributed by atoms with Crippen molar-refractivity contribution in [3.05, 3.63) is 280 Å². The molecule has 0 saturated carbocycles. The van der Waals surface area contributed by atoms with Crippen molar-refractivity contribution in [3.8, 4) is 0 Å². The Hall–Kier alpha value is -12.8. The number of hydrogen-bond donors (Lipinski definition) is 7. The van der Waals surface area contributed by atoms with Crippen molar-refractivity contribution in [1.29, 1.82) is 0 Å². The number of para-hydroxylation sites is 2. The molecule has 7 heterocycles. The second-order valence-electron chi connectivity index (χ2n) is 25.2. The number of likely N-dealkylation sites (tertiary alicyclic amines) is 1. The largest absolute Gasteiger partial charge is 0.478 e. The zero-order chi connectivity index (χ0) is 86.1. The number of rotatable bonds is 11. The number of methoxy groups -OCH3 is 3. The summed E-state index contributed by atoms with van der Waals surface area (Å²) in [4.78, 5) is 132. The molecule has 0 bridgehead atoms. The molecule has 9 aromatic carbocycles. The third kappa shape index (κ3) is 22.3. The summed E-state index contributed by atoms with van der Waals surface area (Å²) in [6.07, 6.45) is 15.6. The van der Waals surface area contributed by atoms with E-state index in [1.165, 1.54) is 69.1 Å². The van der Waals surface area contributed by atoms with Gasteiger partial charge in [0.2, 0.25) is 5.91 Å². The number of hydrogen-bond acceptors (Lipinski definition) is 28. The van der Waals surface area contributed by atoms with Gasteiger partial charge in [-0.25, -0.2) is 24.0 Å². The Balaban J connectivity index is 0.000000149. The van der Waals surface area contributed by atoms with Crippen molar-refractivity contribution in [2.75, 3.05) is 62.7 Å². The van der Waals surface area contributed by atoms with E-state index in [1.54, 1.807) is 74.4 Å². The van der Waals surface area contributed by atoms with Crippen LogP contribution in [-0.4, -0.2) is 152 Å². The third-order valence-electron chi connectivity index (χ3n) is 17.5. The maximum Gasteiger partial charge on any atom is 0.340 e. The summed E-state index contributed by atoms with van der Waals surface area (Å²) in [5.41, 5.74) is 37.2. The number of aromatic carboxylic acids is 2. The second-order valence-corrected chi connectivity index (χ2v) is 30.7. The van der Waals surface area contributed by atoms with Crippen molar-refractivity contribution < 1.29 is 63.0 Å². The van der Waals surface area contributed by atoms with E-state index in [-0.39, 0.29) is 57.0 Å². The molecule has 119 heavy (non-hydrogen) atoms. The molecule has 39 heteroatoms. The minimum absolute atomic E-state index is 0.0291. The molecule has 13 aromatic rings. The molecule has 1 saturated heterocycles. The van der Waals surface area contributed by atoms with Gasteiger partial charge >= 0.3 is 29.8 Å². The van der Waals surface area contributed by atoms with Gasteiger partial charge in [-0.15, -0.1) is 0 Å². The van der Waals surface area contributed by atoms with Gasteiger partial charge in [0.25, 0.3) is 11.4 Å². The molecule has 1 fully saturated rings. The summed E-state index contributed by atoms with van der Waals surface area (Å²) < 4.78 is 17.5. The van der Waals surface area contributed by atoms with Gasteiger partial charge in [-0.2, -0.15) is 0 Å². The molecule has 1 atom stereocenters. The van der Waals surface area contributed by atoms with Crippen LogP contribution in [0, 0.1) is 20.2 Å². The SMILES string of the molecule is Brc1cc(C2=Nc3ccccc3C2)c2nccnc2c1.CC(=O)N1CC[C@H](Nc2cc(C3=Nc4ccccc4C3)c3nccnc3c2)C1.COC(=O)c1cc(Br)cc(N)c1N.COC(=O)c1cc(Br)cc([N+](=O)[O-])c1N.COC(=O)c1cc(Br)cc2nccnc12.Nc1c(C(=O)O)cc(Br)cc1[N+](=O)[O-].O=C(O)c1cc(Br)cc2nccnc12. The molecule has 0 spiro atoms. The Morgan fingerprint density at radius 1 is 0.454 bits per heavy atom. The van der Waals surface area contributed by atoms with Crippen LogP contribution >= 0.6 is 95.6 Å². The molecule has 606 valence electrons. The van der Waals surface area contributed by atoms with E-state index in [0.29, 0.717) is 51.2 Å². The number of aromatic nitrogens is 8. The number of nitrogens with one attached hydrogen (secondary N) is 1. The number of nitro groups is 2. The Bertz CT molecular complexity index is 6220. The number of nitrogens with two attached hydrogens (primary N) is 4. The van der Waals surface area contributed by atoms with Crippen molar-refractivity contribution in [2.45, 2.75) is 32.2 Å². The van der Waals surface area contributed by atoms with E-state index < -0.39 is 45.4 Å². The number of nitrogen functional groups attached to an aromatic ring is 4. The van der Waals surface area contributed by atoms with Crippen LogP contribution in [0.4, 0.5) is 51.2 Å². The average Bonchev–Trinajstić information content (AvgIpc) is 1.67. The molecular weight excluding hydrogens is 1930 g/mol. The highest BCUT2D eigenvalue weighted by atomic mass is 79.9. The second kappa shape index (κ2) is 40.4. The summed E-state index contributed by atoms with van der Waals surface area (Å²) in [5, 5.41) is 42.2. The van der Waals surface area contributed by atoms with Crippen molar-refractivity contribution >= 4 is 238 Å². The number of halogens is 6. The van der Waals surface area contributed by atoms with Gasteiger partial charge in [0.15, 0.2) is 0 Å². The number of benzene rings is 9. The van der Waals surface area contributed by atoms with E-state index in [2.05, 4.69) is 185 Å². The zero-order valence-electron chi connectivity index (χ0n) is 62.5. The van der Waals surface area contributed by atoms with Crippen LogP contribution in [0.1, 0.15) is 87.4 Å². The van der Waals surface area contributed by atoms with Gasteiger partial charge in [-0.1, -0.05) is 132 Å². The lowest BCUT2D eigenvalue weighted by atomic mass is 10.0. The molecule has 33 nitrogen and oxygen atoms in total. The number of nitrogens with zero attached hydrogens (tertiary/aromatic N) is 13. The van der Waals surface area contributed by atoms with Crippen molar-refractivity contribution in [1.82, 2.24) is 44.8 Å². The summed E-state index contributed by atoms with van der Waals surface area (Å²) in [5.74, 6) is -3.79. The number of esters is 3. The quantitative estimate of drug-likeness (QED) is 0.0208. The van der Waals surface area contributed by atoms with Crippen LogP contribution in [0.25, 0.3) is 44.1 Å². The summed E-state index contributed by atoms with van der Waals surface area (Å²) in [6.45, 7) is 3.16. The van der Waals surface area contributed by atoms with Crippen LogP contribution in [0.2, 0.25) is 0 Å². The number of aliphatic imine (C=N–C) groups is 2. The standard InChI is InChI=1S/C22H21N5O.C16H10BrN3.C10H7BrN2O2.C9H5BrN2O2.C8H7BrN2O4.C8H9BrN2O2.C7H5BrN2O4/c1-14(28)27-9-6-16(13-27)25-17-11-18(22-21(12-17)23-7-8-24-22)20-10-15-4-2-3-5-19(15)26-20;17-11-8-12(16-15(9-11)18-5-6-19-16)14-7-10-3-1-2-4-13(10)20-14;1-15-10(14)7-4-6(11)5-8-9(7)13-3-2-12-8;10-5-3-6(9(13)14)8-7(4-5)11-1-2-12-8;1-15-8(12)5-2-4(9)3-6(7(5)10)11(13)14;1-13-8(12)5-2-4(9)3-6(10)7(5)11;8-3-1-4(7(11)12)6(9)5(2-3)10(13)14/h2-5,7-8,11-12,16,25H,6,9-10,13H2,1H3;1-6,8-9H,7H2;2-5H,1H3;1-4H,(H,13,14);2-3H,10H2,1H3;2-3H,10-11H2,1H3;1-2H,9H2,(H,11,12)/t16-;;;;;;/m0....../s1. The van der Waals surface area contributed by atoms with E-state index in [0.717, 1.165) is 109 Å². The molecule has 4 aromatic heterocycles. The molecule has 1 amide bonds. The first-order valence-corrected chi connectivity index (χ1v) is 39.4. The Morgan fingerprint density at radius 2 is 0.815 bits per heavy atom. The summed E-state index contributed by atoms with van der Waals surface area (Å²) in [7, 11) is 3.80. The van der Waals surface area contributed by atoms with Crippen LogP contribution < -0.4 is 28.3 Å². The van der Waals surface area contributed by atoms with Gasteiger partial charge in [0.1, 0.15) is 22.4 Å². The normalized spacial score (nSPS) is 12.5. The Kier molecular flexibility index (Phi) is 30.0. The highest BCUT2D eigenvalue weighted by Gasteiger charge is 2.28. The fourth-order valence-electron chi connectivity index (χ4n) is 12.0. The molecule has 16 rings (SSSR count). The number of nitro benzene ring substituents is 2. The fraction of sp³-hybridized carbons (Fsp3) is 0.125. The van der Waals surface area contributed by atoms with E-state index in [1.807, 2.05) is 47.4 Å². The van der Waals surface area contributed by atoms with Gasteiger partial charge in [0, 0.05) is 144 Å². The molecule has 11 N–H and O–H groups in total. The maximum absolute atomic E-state index is 11.6. The number of fused-ring (bicyclic) bond motifs is 6. The van der Waals surface area contributed by atoms with Gasteiger partial charge < -0.3 is 57.6 Å². The van der Waals surface area contributed by atoms with E-state index >= 15 is 0 Å². The number of ether oxygens (including phenoxy) is 3. The first kappa shape index (κ1) is 88.5. The molecule has 3 aliphatic heterocycles. The Labute approximate surface area is 725 Å². The predicted molar refractivity (Wildman–Crippen MR) is 470 cm³/mol. The van der Waals surface area contributed by atoms with Gasteiger partial charge in [-0.3, -0.25) is 74.9 Å². The monoisotopic (exact) mass is 1990 g/mol. The summed E-state index contributed by atoms with van der Waals surface area (Å²) in [6, 6.07) is 39.8. The van der Waals surface area contributed by atoms with Gasteiger partial charge in [-0.05, 0) is 102 Å². The number of carbonyl (C=O) groups excluding carboxylic acids is 4. The molecule has 3 aliphatic rings. The molecular formula is C80H64Br6N18O15. The lowest BCUT2D eigenvalue weighted by Crippen LogP contribution is -2.29. The third-order valence-corrected chi connectivity index (χ3v) is 20.3. The molecule has 0 aliphatic carbocycles. The fourth-order valence-corrected chi connectivity index (χ4v) is 14.7. The first-order chi connectivity index (χ1) is 56.8. The topological polar surface area (TPSA) is 504 Å². The van der Waals surface area contributed by atoms with Crippen LogP contribution in [-0.2, 0) is 31.8 Å². The molecule has 0 unspecified atom stereocenters. The van der Waals surface area contributed by atoms with Crippen LogP contribution in [0.15, 0.2) is 220 Å². The van der Waals surface area contributed by atoms with Crippen molar-refractivity contribution in [3.63, 3.8) is 0 Å².